The molecule has 6 heteroatoms. The first kappa shape index (κ1) is 17.5. The number of hydrazone groups is 1. The van der Waals surface area contributed by atoms with Gasteiger partial charge in [-0.3, -0.25) is 4.79 Å². The quantitative estimate of drug-likeness (QED) is 0.654. The molecule has 0 atom stereocenters. The van der Waals surface area contributed by atoms with Gasteiger partial charge in [0.05, 0.1) is 26.4 Å². The van der Waals surface area contributed by atoms with E-state index in [1.807, 2.05) is 6.07 Å². The number of methoxy groups -OCH3 is 2. The Labute approximate surface area is 140 Å². The fraction of sp³-hybridized carbons (Fsp3) is 0.222. The van der Waals surface area contributed by atoms with E-state index in [0.717, 1.165) is 5.56 Å². The summed E-state index contributed by atoms with van der Waals surface area (Å²) in [5, 5.41) is 4.09. The zero-order valence-electron chi connectivity index (χ0n) is 13.8. The van der Waals surface area contributed by atoms with Crippen LogP contribution in [0.2, 0.25) is 0 Å². The van der Waals surface area contributed by atoms with Crippen molar-refractivity contribution < 1.29 is 18.7 Å². The standard InChI is InChI=1S/C18H19FN2O3/c1-12(14-6-9-16(23-2)17(11-14)24-3)20-21-18(22)10-13-4-7-15(19)8-5-13/h4-9,11H,10H2,1-3H3,(H,21,22)/b20-12-. The molecule has 0 aliphatic carbocycles. The van der Waals surface area contributed by atoms with E-state index in [0.29, 0.717) is 22.8 Å². The first-order valence-corrected chi connectivity index (χ1v) is 7.33. The third kappa shape index (κ3) is 4.55. The molecule has 0 heterocycles. The van der Waals surface area contributed by atoms with E-state index >= 15 is 0 Å². The highest BCUT2D eigenvalue weighted by atomic mass is 19.1. The van der Waals surface area contributed by atoms with Gasteiger partial charge in [0.25, 0.3) is 0 Å². The number of nitrogens with one attached hydrogen (secondary N) is 1. The highest BCUT2D eigenvalue weighted by Crippen LogP contribution is 2.27. The molecule has 0 aliphatic heterocycles. The molecular formula is C18H19FN2O3. The van der Waals surface area contributed by atoms with Crippen LogP contribution in [0.4, 0.5) is 4.39 Å². The molecule has 1 amide bonds. The van der Waals surface area contributed by atoms with Gasteiger partial charge in [0.2, 0.25) is 5.91 Å². The van der Waals surface area contributed by atoms with Crippen molar-refractivity contribution in [1.82, 2.24) is 5.43 Å². The number of benzene rings is 2. The Balaban J connectivity index is 2.02. The summed E-state index contributed by atoms with van der Waals surface area (Å²) in [6.07, 6.45) is 0.128. The third-order valence-corrected chi connectivity index (χ3v) is 3.43. The molecule has 0 aliphatic rings. The number of carbonyl (C=O) groups excluding carboxylic acids is 1. The maximum atomic E-state index is 12.8. The van der Waals surface area contributed by atoms with E-state index in [-0.39, 0.29) is 18.1 Å². The van der Waals surface area contributed by atoms with E-state index in [4.69, 9.17) is 9.47 Å². The minimum absolute atomic E-state index is 0.128. The molecule has 0 fully saturated rings. The lowest BCUT2D eigenvalue weighted by Gasteiger charge is -2.09. The SMILES string of the molecule is COc1ccc(/C(C)=N\NC(=O)Cc2ccc(F)cc2)cc1OC. The minimum atomic E-state index is -0.332. The van der Waals surface area contributed by atoms with Crippen LogP contribution in [-0.2, 0) is 11.2 Å². The largest absolute Gasteiger partial charge is 0.493 e. The average Bonchev–Trinajstić information content (AvgIpc) is 2.61. The second kappa shape index (κ2) is 8.10. The number of ether oxygens (including phenoxy) is 2. The highest BCUT2D eigenvalue weighted by Gasteiger charge is 2.07. The summed E-state index contributed by atoms with van der Waals surface area (Å²) < 4.78 is 23.3. The molecule has 5 nitrogen and oxygen atoms in total. The van der Waals surface area contributed by atoms with Gasteiger partial charge in [0, 0.05) is 5.56 Å². The van der Waals surface area contributed by atoms with Crippen LogP contribution in [0, 0.1) is 5.82 Å². The van der Waals surface area contributed by atoms with E-state index in [1.165, 1.54) is 12.1 Å². The van der Waals surface area contributed by atoms with Gasteiger partial charge in [-0.1, -0.05) is 12.1 Å². The van der Waals surface area contributed by atoms with Crippen LogP contribution < -0.4 is 14.9 Å². The van der Waals surface area contributed by atoms with Crippen LogP contribution in [0.3, 0.4) is 0 Å². The monoisotopic (exact) mass is 330 g/mol. The maximum Gasteiger partial charge on any atom is 0.244 e. The summed E-state index contributed by atoms with van der Waals surface area (Å²) >= 11 is 0. The normalized spacial score (nSPS) is 11.1. The van der Waals surface area contributed by atoms with Gasteiger partial charge in [0.15, 0.2) is 11.5 Å². The molecule has 2 aromatic rings. The zero-order chi connectivity index (χ0) is 17.5. The Bertz CT molecular complexity index is 742. The predicted octanol–water partition coefficient (Wildman–Crippen LogP) is 2.93. The van der Waals surface area contributed by atoms with Crippen LogP contribution in [0.1, 0.15) is 18.1 Å². The Morgan fingerprint density at radius 2 is 1.75 bits per heavy atom. The molecule has 0 saturated heterocycles. The Kier molecular flexibility index (Phi) is 5.89. The molecule has 2 aromatic carbocycles. The number of hydrogen-bond donors (Lipinski definition) is 1. The topological polar surface area (TPSA) is 59.9 Å². The Hall–Kier alpha value is -2.89. The lowest BCUT2D eigenvalue weighted by molar-refractivity contribution is -0.120. The molecule has 126 valence electrons. The summed E-state index contributed by atoms with van der Waals surface area (Å²) in [5.74, 6) is 0.597. The molecule has 0 radical (unpaired) electrons. The van der Waals surface area contributed by atoms with Crippen molar-refractivity contribution in [1.29, 1.82) is 0 Å². The Morgan fingerprint density at radius 3 is 2.38 bits per heavy atom. The van der Waals surface area contributed by atoms with Crippen molar-refractivity contribution in [3.63, 3.8) is 0 Å². The second-order valence-corrected chi connectivity index (χ2v) is 5.11. The third-order valence-electron chi connectivity index (χ3n) is 3.43. The highest BCUT2D eigenvalue weighted by molar-refractivity contribution is 5.99. The molecule has 0 spiro atoms. The van der Waals surface area contributed by atoms with E-state index in [9.17, 15) is 9.18 Å². The van der Waals surface area contributed by atoms with Crippen LogP contribution in [-0.4, -0.2) is 25.8 Å². The molecule has 2 rings (SSSR count). The van der Waals surface area contributed by atoms with Crippen molar-refractivity contribution in [2.24, 2.45) is 5.10 Å². The first-order valence-electron chi connectivity index (χ1n) is 7.33. The number of hydrogen-bond acceptors (Lipinski definition) is 4. The lowest BCUT2D eigenvalue weighted by Crippen LogP contribution is -2.21. The fourth-order valence-corrected chi connectivity index (χ4v) is 2.10. The molecular weight excluding hydrogens is 311 g/mol. The van der Waals surface area contributed by atoms with Crippen molar-refractivity contribution in [2.45, 2.75) is 13.3 Å². The van der Waals surface area contributed by atoms with Gasteiger partial charge < -0.3 is 9.47 Å². The number of nitrogens with zero attached hydrogens (tertiary/aromatic N) is 1. The van der Waals surface area contributed by atoms with Crippen molar-refractivity contribution in [2.75, 3.05) is 14.2 Å². The van der Waals surface area contributed by atoms with Crippen LogP contribution in [0.15, 0.2) is 47.6 Å². The summed E-state index contributed by atoms with van der Waals surface area (Å²) in [7, 11) is 3.12. The number of amides is 1. The van der Waals surface area contributed by atoms with Gasteiger partial charge >= 0.3 is 0 Å². The number of rotatable bonds is 6. The maximum absolute atomic E-state index is 12.8. The predicted molar refractivity (Wildman–Crippen MR) is 90.0 cm³/mol. The summed E-state index contributed by atoms with van der Waals surface area (Å²) in [6, 6.07) is 11.2. The summed E-state index contributed by atoms with van der Waals surface area (Å²) in [4.78, 5) is 11.9. The average molecular weight is 330 g/mol. The number of carbonyl (C=O) groups is 1. The molecule has 0 aromatic heterocycles. The molecule has 0 bridgehead atoms. The van der Waals surface area contributed by atoms with Gasteiger partial charge in [-0.2, -0.15) is 5.10 Å². The zero-order valence-corrected chi connectivity index (χ0v) is 13.8. The second-order valence-electron chi connectivity index (χ2n) is 5.11. The van der Waals surface area contributed by atoms with Crippen LogP contribution >= 0.6 is 0 Å². The van der Waals surface area contributed by atoms with Crippen molar-refractivity contribution in [3.05, 3.63) is 59.4 Å². The smallest absolute Gasteiger partial charge is 0.244 e. The molecule has 24 heavy (non-hydrogen) atoms. The van der Waals surface area contributed by atoms with Crippen molar-refractivity contribution in [3.8, 4) is 11.5 Å². The summed E-state index contributed by atoms with van der Waals surface area (Å²) in [5.41, 5.74) is 4.64. The fourth-order valence-electron chi connectivity index (χ4n) is 2.10. The van der Waals surface area contributed by atoms with Gasteiger partial charge in [-0.05, 0) is 42.8 Å². The van der Waals surface area contributed by atoms with Gasteiger partial charge in [-0.15, -0.1) is 0 Å². The lowest BCUT2D eigenvalue weighted by atomic mass is 10.1. The molecule has 1 N–H and O–H groups in total. The van der Waals surface area contributed by atoms with Gasteiger partial charge in [0.1, 0.15) is 5.82 Å². The van der Waals surface area contributed by atoms with Crippen LogP contribution in [0.25, 0.3) is 0 Å². The van der Waals surface area contributed by atoms with Crippen LogP contribution in [0.5, 0.6) is 11.5 Å². The Morgan fingerprint density at radius 1 is 1.08 bits per heavy atom. The molecule has 0 saturated carbocycles. The molecule has 0 unspecified atom stereocenters. The first-order chi connectivity index (χ1) is 11.5. The number of halogens is 1. The van der Waals surface area contributed by atoms with Gasteiger partial charge in [-0.25, -0.2) is 9.82 Å². The minimum Gasteiger partial charge on any atom is -0.493 e. The van der Waals surface area contributed by atoms with E-state index in [2.05, 4.69) is 10.5 Å². The summed E-state index contributed by atoms with van der Waals surface area (Å²) in [6.45, 7) is 1.78. The van der Waals surface area contributed by atoms with Crippen molar-refractivity contribution >= 4 is 11.6 Å². The van der Waals surface area contributed by atoms with E-state index in [1.54, 1.807) is 45.4 Å². The van der Waals surface area contributed by atoms with E-state index < -0.39 is 0 Å².